The Labute approximate surface area is 111 Å². The van der Waals surface area contributed by atoms with Crippen LogP contribution in [0.25, 0.3) is 0 Å². The molecule has 0 aliphatic carbocycles. The van der Waals surface area contributed by atoms with Crippen molar-refractivity contribution in [1.82, 2.24) is 9.97 Å². The molecule has 19 heavy (non-hydrogen) atoms. The number of nitrogens with one attached hydrogen (secondary N) is 1. The molecule has 0 fully saturated rings. The number of carboxylic acids is 1. The molecular formula is C14H15N3O2. The largest absolute Gasteiger partial charge is 0.478 e. The van der Waals surface area contributed by atoms with Crippen LogP contribution >= 0.6 is 0 Å². The fraction of sp³-hybridized carbons (Fsp3) is 0.214. The van der Waals surface area contributed by atoms with Gasteiger partial charge < -0.3 is 10.4 Å². The van der Waals surface area contributed by atoms with Crippen molar-refractivity contribution >= 4 is 11.7 Å². The van der Waals surface area contributed by atoms with E-state index in [0.717, 1.165) is 22.8 Å². The van der Waals surface area contributed by atoms with Gasteiger partial charge in [-0.05, 0) is 37.6 Å². The second-order valence-corrected chi connectivity index (χ2v) is 4.23. The van der Waals surface area contributed by atoms with Crippen LogP contribution in [0.4, 0.5) is 5.69 Å². The molecule has 2 rings (SSSR count). The zero-order valence-electron chi connectivity index (χ0n) is 10.8. The first-order chi connectivity index (χ1) is 9.08. The Morgan fingerprint density at radius 1 is 1.32 bits per heavy atom. The van der Waals surface area contributed by atoms with E-state index >= 15 is 0 Å². The molecule has 5 nitrogen and oxygen atoms in total. The highest BCUT2D eigenvalue weighted by Gasteiger charge is 2.09. The Bertz CT molecular complexity index is 611. The van der Waals surface area contributed by atoms with E-state index in [1.54, 1.807) is 25.3 Å². The number of aryl methyl sites for hydroxylation is 1. The molecule has 98 valence electrons. The molecular weight excluding hydrogens is 242 g/mol. The van der Waals surface area contributed by atoms with Crippen molar-refractivity contribution in [1.29, 1.82) is 0 Å². The van der Waals surface area contributed by atoms with Crippen molar-refractivity contribution in [2.24, 2.45) is 0 Å². The molecule has 0 bridgehead atoms. The molecule has 0 spiro atoms. The summed E-state index contributed by atoms with van der Waals surface area (Å²) in [6, 6.07) is 7.01. The zero-order valence-corrected chi connectivity index (χ0v) is 10.8. The van der Waals surface area contributed by atoms with E-state index in [2.05, 4.69) is 15.3 Å². The standard InChI is InChI=1S/C14H15N3O2/c1-9-12(14(18)19)4-3-5-13(9)16-8-11-6-7-15-10(2)17-11/h3-7,16H,8H2,1-2H3,(H,18,19). The van der Waals surface area contributed by atoms with Crippen LogP contribution in [0.3, 0.4) is 0 Å². The SMILES string of the molecule is Cc1nccc(CNc2cccc(C(=O)O)c2C)n1. The molecule has 1 aromatic carbocycles. The average molecular weight is 257 g/mol. The summed E-state index contributed by atoms with van der Waals surface area (Å²) in [5.74, 6) is -0.200. The number of aromatic carboxylic acids is 1. The van der Waals surface area contributed by atoms with E-state index in [1.165, 1.54) is 0 Å². The Hall–Kier alpha value is -2.43. The van der Waals surface area contributed by atoms with Crippen molar-refractivity contribution in [3.63, 3.8) is 0 Å². The molecule has 0 aliphatic heterocycles. The summed E-state index contributed by atoms with van der Waals surface area (Å²) in [6.07, 6.45) is 1.71. The molecule has 0 unspecified atom stereocenters. The van der Waals surface area contributed by atoms with E-state index in [0.29, 0.717) is 12.1 Å². The minimum Gasteiger partial charge on any atom is -0.478 e. The minimum absolute atomic E-state index is 0.309. The number of benzene rings is 1. The quantitative estimate of drug-likeness (QED) is 0.879. The van der Waals surface area contributed by atoms with Crippen LogP contribution in [-0.4, -0.2) is 21.0 Å². The van der Waals surface area contributed by atoms with Gasteiger partial charge in [0, 0.05) is 11.9 Å². The van der Waals surface area contributed by atoms with Crippen LogP contribution < -0.4 is 5.32 Å². The van der Waals surface area contributed by atoms with Crippen LogP contribution in [0.2, 0.25) is 0 Å². The molecule has 2 aromatic rings. The molecule has 5 heteroatoms. The van der Waals surface area contributed by atoms with Gasteiger partial charge in [-0.15, -0.1) is 0 Å². The maximum Gasteiger partial charge on any atom is 0.336 e. The third-order valence-electron chi connectivity index (χ3n) is 2.86. The third-order valence-corrected chi connectivity index (χ3v) is 2.86. The highest BCUT2D eigenvalue weighted by atomic mass is 16.4. The van der Waals surface area contributed by atoms with Crippen LogP contribution in [0.1, 0.15) is 27.4 Å². The molecule has 0 aliphatic rings. The predicted molar refractivity (Wildman–Crippen MR) is 72.2 cm³/mol. The Morgan fingerprint density at radius 3 is 2.79 bits per heavy atom. The summed E-state index contributed by atoms with van der Waals surface area (Å²) in [5, 5.41) is 12.3. The summed E-state index contributed by atoms with van der Waals surface area (Å²) in [6.45, 7) is 4.16. The molecule has 1 aromatic heterocycles. The third kappa shape index (κ3) is 3.07. The fourth-order valence-corrected chi connectivity index (χ4v) is 1.85. The summed E-state index contributed by atoms with van der Waals surface area (Å²) in [7, 11) is 0. The number of hydrogen-bond acceptors (Lipinski definition) is 4. The van der Waals surface area contributed by atoms with Gasteiger partial charge in [-0.2, -0.15) is 0 Å². The number of hydrogen-bond donors (Lipinski definition) is 2. The number of carboxylic acid groups (broad SMARTS) is 1. The molecule has 0 saturated heterocycles. The van der Waals surface area contributed by atoms with E-state index < -0.39 is 5.97 Å². The van der Waals surface area contributed by atoms with Gasteiger partial charge in [0.15, 0.2) is 0 Å². The topological polar surface area (TPSA) is 75.1 Å². The lowest BCUT2D eigenvalue weighted by atomic mass is 10.1. The highest BCUT2D eigenvalue weighted by molar-refractivity contribution is 5.91. The van der Waals surface area contributed by atoms with Gasteiger partial charge in [-0.25, -0.2) is 14.8 Å². The monoisotopic (exact) mass is 257 g/mol. The second-order valence-electron chi connectivity index (χ2n) is 4.23. The number of anilines is 1. The van der Waals surface area contributed by atoms with E-state index in [9.17, 15) is 4.79 Å². The van der Waals surface area contributed by atoms with Gasteiger partial charge in [0.25, 0.3) is 0 Å². The Morgan fingerprint density at radius 2 is 2.11 bits per heavy atom. The molecule has 1 heterocycles. The lowest BCUT2D eigenvalue weighted by molar-refractivity contribution is 0.0696. The van der Waals surface area contributed by atoms with E-state index in [4.69, 9.17) is 5.11 Å². The summed E-state index contributed by atoms with van der Waals surface area (Å²) >= 11 is 0. The molecule has 2 N–H and O–H groups in total. The molecule has 0 radical (unpaired) electrons. The smallest absolute Gasteiger partial charge is 0.336 e. The van der Waals surface area contributed by atoms with Gasteiger partial charge in [0.2, 0.25) is 0 Å². The lowest BCUT2D eigenvalue weighted by Crippen LogP contribution is -2.07. The first-order valence-corrected chi connectivity index (χ1v) is 5.93. The van der Waals surface area contributed by atoms with Crippen LogP contribution in [-0.2, 0) is 6.54 Å². The zero-order chi connectivity index (χ0) is 13.8. The maximum absolute atomic E-state index is 11.0. The normalized spacial score (nSPS) is 10.2. The Kier molecular flexibility index (Phi) is 3.75. The first-order valence-electron chi connectivity index (χ1n) is 5.93. The van der Waals surface area contributed by atoms with Gasteiger partial charge in [-0.3, -0.25) is 0 Å². The lowest BCUT2D eigenvalue weighted by Gasteiger charge is -2.11. The summed E-state index contributed by atoms with van der Waals surface area (Å²) in [4.78, 5) is 19.4. The Balaban J connectivity index is 2.16. The predicted octanol–water partition coefficient (Wildman–Crippen LogP) is 2.40. The second kappa shape index (κ2) is 5.48. The van der Waals surface area contributed by atoms with Crippen molar-refractivity contribution < 1.29 is 9.90 Å². The molecule has 0 amide bonds. The van der Waals surface area contributed by atoms with Crippen LogP contribution in [0.15, 0.2) is 30.5 Å². The van der Waals surface area contributed by atoms with E-state index in [1.807, 2.05) is 19.1 Å². The highest BCUT2D eigenvalue weighted by Crippen LogP contribution is 2.19. The van der Waals surface area contributed by atoms with E-state index in [-0.39, 0.29) is 0 Å². The number of nitrogens with zero attached hydrogens (tertiary/aromatic N) is 2. The van der Waals surface area contributed by atoms with Crippen LogP contribution in [0.5, 0.6) is 0 Å². The van der Waals surface area contributed by atoms with Crippen molar-refractivity contribution in [3.8, 4) is 0 Å². The maximum atomic E-state index is 11.0. The molecule has 0 saturated carbocycles. The van der Waals surface area contributed by atoms with Crippen molar-refractivity contribution in [2.45, 2.75) is 20.4 Å². The first kappa shape index (κ1) is 13.0. The number of rotatable bonds is 4. The average Bonchev–Trinajstić information content (AvgIpc) is 2.37. The van der Waals surface area contributed by atoms with Crippen LogP contribution in [0, 0.1) is 13.8 Å². The van der Waals surface area contributed by atoms with Gasteiger partial charge >= 0.3 is 5.97 Å². The number of carbonyl (C=O) groups is 1. The summed E-state index contributed by atoms with van der Waals surface area (Å²) < 4.78 is 0. The molecule has 0 atom stereocenters. The van der Waals surface area contributed by atoms with Crippen molar-refractivity contribution in [2.75, 3.05) is 5.32 Å². The van der Waals surface area contributed by atoms with Gasteiger partial charge in [-0.1, -0.05) is 6.07 Å². The summed E-state index contributed by atoms with van der Waals surface area (Å²) in [5.41, 5.74) is 2.70. The minimum atomic E-state index is -0.918. The van der Waals surface area contributed by atoms with Gasteiger partial charge in [0.1, 0.15) is 5.82 Å². The van der Waals surface area contributed by atoms with Crippen molar-refractivity contribution in [3.05, 3.63) is 53.1 Å². The fourth-order valence-electron chi connectivity index (χ4n) is 1.85. The number of aromatic nitrogens is 2. The van der Waals surface area contributed by atoms with Gasteiger partial charge in [0.05, 0.1) is 17.8 Å².